The Balaban J connectivity index is 2.00. The molecule has 2 N–H and O–H groups in total. The molecular formula is C14H10N4. The molecule has 0 spiro atoms. The van der Waals surface area contributed by atoms with Gasteiger partial charge in [0.05, 0.1) is 0 Å². The quantitative estimate of drug-likeness (QED) is 0.531. The zero-order valence-corrected chi connectivity index (χ0v) is 9.51. The smallest absolute Gasteiger partial charge is 0.137 e. The number of hydrogen-bond donors (Lipinski definition) is 2. The third-order valence-corrected chi connectivity index (χ3v) is 3.16. The highest BCUT2D eigenvalue weighted by Gasteiger charge is 2.07. The fraction of sp³-hybridized carbons (Fsp3) is 0. The largest absolute Gasteiger partial charge is 0.346 e. The van der Waals surface area contributed by atoms with Crippen LogP contribution in [0, 0.1) is 0 Å². The van der Waals surface area contributed by atoms with Gasteiger partial charge >= 0.3 is 0 Å². The number of aromatic nitrogens is 4. The van der Waals surface area contributed by atoms with Crippen molar-refractivity contribution in [2.75, 3.05) is 0 Å². The van der Waals surface area contributed by atoms with E-state index in [-0.39, 0.29) is 0 Å². The van der Waals surface area contributed by atoms with Gasteiger partial charge in [0.1, 0.15) is 11.3 Å². The Morgan fingerprint density at radius 2 is 2.00 bits per heavy atom. The minimum atomic E-state index is 0.904. The SMILES string of the molecule is c1cnc2[nH]cc(-c3cnc4[nH]ccc4c3)c2c1. The first kappa shape index (κ1) is 9.41. The number of hydrogen-bond acceptors (Lipinski definition) is 2. The van der Waals surface area contributed by atoms with Crippen LogP contribution in [0.3, 0.4) is 0 Å². The molecule has 4 aromatic rings. The van der Waals surface area contributed by atoms with Crippen LogP contribution in [-0.2, 0) is 0 Å². The Kier molecular flexibility index (Phi) is 1.80. The van der Waals surface area contributed by atoms with Crippen LogP contribution in [0.5, 0.6) is 0 Å². The molecule has 4 heteroatoms. The van der Waals surface area contributed by atoms with E-state index in [0.29, 0.717) is 0 Å². The third-order valence-electron chi connectivity index (χ3n) is 3.16. The second-order valence-corrected chi connectivity index (χ2v) is 4.24. The normalized spacial score (nSPS) is 11.3. The fourth-order valence-corrected chi connectivity index (χ4v) is 2.28. The number of pyridine rings is 2. The maximum Gasteiger partial charge on any atom is 0.137 e. The maximum atomic E-state index is 4.41. The molecule has 0 aliphatic heterocycles. The van der Waals surface area contributed by atoms with Crippen molar-refractivity contribution in [1.29, 1.82) is 0 Å². The average molecular weight is 234 g/mol. The highest BCUT2D eigenvalue weighted by atomic mass is 14.8. The van der Waals surface area contributed by atoms with Crippen LogP contribution in [0.4, 0.5) is 0 Å². The third kappa shape index (κ3) is 1.26. The highest BCUT2D eigenvalue weighted by Crippen LogP contribution is 2.28. The summed E-state index contributed by atoms with van der Waals surface area (Å²) in [5.41, 5.74) is 4.05. The molecule has 0 atom stereocenters. The van der Waals surface area contributed by atoms with E-state index in [1.54, 1.807) is 6.20 Å². The molecule has 0 bridgehead atoms. The fourth-order valence-electron chi connectivity index (χ4n) is 2.28. The second-order valence-electron chi connectivity index (χ2n) is 4.24. The predicted octanol–water partition coefficient (Wildman–Crippen LogP) is 3.11. The molecule has 18 heavy (non-hydrogen) atoms. The Morgan fingerprint density at radius 1 is 1.00 bits per heavy atom. The lowest BCUT2D eigenvalue weighted by molar-refractivity contribution is 1.32. The second kappa shape index (κ2) is 3.43. The number of aromatic amines is 2. The van der Waals surface area contributed by atoms with E-state index in [1.807, 2.05) is 30.7 Å². The van der Waals surface area contributed by atoms with Crippen molar-refractivity contribution in [1.82, 2.24) is 19.9 Å². The summed E-state index contributed by atoms with van der Waals surface area (Å²) in [6, 6.07) is 8.17. The topological polar surface area (TPSA) is 57.4 Å². The van der Waals surface area contributed by atoms with Gasteiger partial charge in [-0.3, -0.25) is 0 Å². The van der Waals surface area contributed by atoms with E-state index in [9.17, 15) is 0 Å². The minimum Gasteiger partial charge on any atom is -0.346 e. The monoisotopic (exact) mass is 234 g/mol. The van der Waals surface area contributed by atoms with Crippen LogP contribution >= 0.6 is 0 Å². The van der Waals surface area contributed by atoms with Crippen molar-refractivity contribution in [3.05, 3.63) is 49.1 Å². The van der Waals surface area contributed by atoms with E-state index in [1.165, 1.54) is 0 Å². The number of H-pyrrole nitrogens is 2. The van der Waals surface area contributed by atoms with Gasteiger partial charge in [-0.1, -0.05) is 0 Å². The summed E-state index contributed by atoms with van der Waals surface area (Å²) in [6.07, 6.45) is 7.55. The summed E-state index contributed by atoms with van der Waals surface area (Å²) in [5, 5.41) is 2.24. The zero-order valence-electron chi connectivity index (χ0n) is 9.51. The highest BCUT2D eigenvalue weighted by molar-refractivity contribution is 5.95. The van der Waals surface area contributed by atoms with Gasteiger partial charge in [0.25, 0.3) is 0 Å². The van der Waals surface area contributed by atoms with Crippen LogP contribution in [-0.4, -0.2) is 19.9 Å². The summed E-state index contributed by atoms with van der Waals surface area (Å²) in [4.78, 5) is 15.0. The molecule has 0 saturated heterocycles. The Bertz CT molecular complexity index is 841. The summed E-state index contributed by atoms with van der Waals surface area (Å²) in [5.74, 6) is 0. The van der Waals surface area contributed by atoms with Crippen LogP contribution in [0.25, 0.3) is 33.2 Å². The molecule has 0 radical (unpaired) electrons. The van der Waals surface area contributed by atoms with Crippen molar-refractivity contribution in [3.8, 4) is 11.1 Å². The van der Waals surface area contributed by atoms with Gasteiger partial charge in [-0.15, -0.1) is 0 Å². The number of nitrogens with one attached hydrogen (secondary N) is 2. The number of fused-ring (bicyclic) bond motifs is 2. The Hall–Kier alpha value is -2.62. The summed E-state index contributed by atoms with van der Waals surface area (Å²) < 4.78 is 0. The van der Waals surface area contributed by atoms with Gasteiger partial charge in [-0.2, -0.15) is 0 Å². The van der Waals surface area contributed by atoms with E-state index in [4.69, 9.17) is 0 Å². The van der Waals surface area contributed by atoms with Crippen LogP contribution in [0.15, 0.2) is 49.1 Å². The molecule has 4 nitrogen and oxygen atoms in total. The van der Waals surface area contributed by atoms with E-state index >= 15 is 0 Å². The van der Waals surface area contributed by atoms with Crippen LogP contribution < -0.4 is 0 Å². The summed E-state index contributed by atoms with van der Waals surface area (Å²) >= 11 is 0. The molecule has 0 aliphatic carbocycles. The van der Waals surface area contributed by atoms with Crippen molar-refractivity contribution in [2.45, 2.75) is 0 Å². The van der Waals surface area contributed by atoms with Crippen LogP contribution in [0.2, 0.25) is 0 Å². The minimum absolute atomic E-state index is 0.904. The molecular weight excluding hydrogens is 224 g/mol. The zero-order chi connectivity index (χ0) is 11.9. The lowest BCUT2D eigenvalue weighted by Gasteiger charge is -1.99. The molecule has 4 aromatic heterocycles. The molecule has 4 heterocycles. The number of nitrogens with zero attached hydrogens (tertiary/aromatic N) is 2. The molecule has 0 saturated carbocycles. The van der Waals surface area contributed by atoms with Gasteiger partial charge in [0, 0.05) is 46.7 Å². The molecule has 86 valence electrons. The van der Waals surface area contributed by atoms with Crippen molar-refractivity contribution < 1.29 is 0 Å². The Morgan fingerprint density at radius 3 is 3.00 bits per heavy atom. The lowest BCUT2D eigenvalue weighted by Crippen LogP contribution is -1.80. The molecule has 0 amide bonds. The first-order chi connectivity index (χ1) is 8.92. The average Bonchev–Trinajstić information content (AvgIpc) is 3.04. The first-order valence-electron chi connectivity index (χ1n) is 5.77. The lowest BCUT2D eigenvalue weighted by atomic mass is 10.1. The van der Waals surface area contributed by atoms with Crippen molar-refractivity contribution in [3.63, 3.8) is 0 Å². The molecule has 0 unspecified atom stereocenters. The van der Waals surface area contributed by atoms with Crippen LogP contribution in [0.1, 0.15) is 0 Å². The molecule has 0 aliphatic rings. The van der Waals surface area contributed by atoms with Gasteiger partial charge in [0.2, 0.25) is 0 Å². The molecule has 0 fully saturated rings. The number of rotatable bonds is 1. The van der Waals surface area contributed by atoms with Crippen molar-refractivity contribution >= 4 is 22.1 Å². The van der Waals surface area contributed by atoms with Crippen molar-refractivity contribution in [2.24, 2.45) is 0 Å². The Labute approximate surface area is 103 Å². The molecule has 0 aromatic carbocycles. The van der Waals surface area contributed by atoms with Gasteiger partial charge in [-0.05, 0) is 24.3 Å². The standard InChI is InChI=1S/C14H10N4/c1-2-11-12(8-18-14(11)15-4-1)10-6-9-3-5-16-13(9)17-7-10/h1-8H,(H,15,18)(H,16,17). The van der Waals surface area contributed by atoms with Gasteiger partial charge in [-0.25, -0.2) is 9.97 Å². The van der Waals surface area contributed by atoms with Gasteiger partial charge in [0.15, 0.2) is 0 Å². The van der Waals surface area contributed by atoms with E-state index in [0.717, 1.165) is 33.2 Å². The van der Waals surface area contributed by atoms with Gasteiger partial charge < -0.3 is 9.97 Å². The summed E-state index contributed by atoms with van der Waals surface area (Å²) in [6.45, 7) is 0. The van der Waals surface area contributed by atoms with E-state index < -0.39 is 0 Å². The van der Waals surface area contributed by atoms with E-state index in [2.05, 4.69) is 32.1 Å². The summed E-state index contributed by atoms with van der Waals surface area (Å²) in [7, 11) is 0. The maximum absolute atomic E-state index is 4.41. The molecule has 4 rings (SSSR count). The first-order valence-corrected chi connectivity index (χ1v) is 5.77. The predicted molar refractivity (Wildman–Crippen MR) is 71.2 cm³/mol.